The lowest BCUT2D eigenvalue weighted by molar-refractivity contribution is -0.143. The molecule has 2 saturated heterocycles. The van der Waals surface area contributed by atoms with Gasteiger partial charge in [-0.3, -0.25) is 9.48 Å². The van der Waals surface area contributed by atoms with Gasteiger partial charge in [-0.05, 0) is 39.5 Å². The molecule has 0 atom stereocenters. The first-order valence-electron chi connectivity index (χ1n) is 10.2. The second-order valence-corrected chi connectivity index (χ2v) is 9.71. The van der Waals surface area contributed by atoms with Crippen molar-refractivity contribution in [3.8, 4) is 0 Å². The maximum atomic E-state index is 13.2. The third kappa shape index (κ3) is 4.50. The molecule has 0 bridgehead atoms. The number of amides is 1. The Morgan fingerprint density at radius 2 is 1.76 bits per heavy atom. The molecule has 9 nitrogen and oxygen atoms in total. The first-order chi connectivity index (χ1) is 13.8. The van der Waals surface area contributed by atoms with Crippen molar-refractivity contribution in [2.75, 3.05) is 40.0 Å². The van der Waals surface area contributed by atoms with Crippen LogP contribution in [0, 0.1) is 13.8 Å². The Kier molecular flexibility index (Phi) is 6.98. The second-order valence-electron chi connectivity index (χ2n) is 7.84. The highest BCUT2D eigenvalue weighted by atomic mass is 32.2. The summed E-state index contributed by atoms with van der Waals surface area (Å²) in [4.78, 5) is 15.0. The standard InChI is InChI=1S/C19H32N4O5S/c1-14-19(15(2)21(3)20-14)29(25,26)22-9-5-16(6-10-22)23(18(24)13-27-4)17-7-11-28-12-8-17/h16-17H,5-13H2,1-4H3. The van der Waals surface area contributed by atoms with Crippen molar-refractivity contribution >= 4 is 15.9 Å². The smallest absolute Gasteiger partial charge is 0.249 e. The molecule has 2 fully saturated rings. The molecule has 1 aromatic rings. The predicted octanol–water partition coefficient (Wildman–Crippen LogP) is 0.844. The van der Waals surface area contributed by atoms with Gasteiger partial charge in [-0.1, -0.05) is 0 Å². The normalized spacial score (nSPS) is 20.1. The molecule has 0 N–H and O–H groups in total. The molecule has 0 aromatic carbocycles. The third-order valence-corrected chi connectivity index (χ3v) is 8.15. The van der Waals surface area contributed by atoms with Crippen molar-refractivity contribution in [1.29, 1.82) is 0 Å². The van der Waals surface area contributed by atoms with Crippen LogP contribution in [0.25, 0.3) is 0 Å². The van der Waals surface area contributed by atoms with Crippen LogP contribution in [0.4, 0.5) is 0 Å². The topological polar surface area (TPSA) is 94.0 Å². The number of carbonyl (C=O) groups excluding carboxylic acids is 1. The van der Waals surface area contributed by atoms with E-state index in [0.29, 0.717) is 55.4 Å². The van der Waals surface area contributed by atoms with Gasteiger partial charge < -0.3 is 14.4 Å². The number of sulfonamides is 1. The summed E-state index contributed by atoms with van der Waals surface area (Å²) in [7, 11) is -0.333. The SMILES string of the molecule is COCC(=O)N(C1CCOCC1)C1CCN(S(=O)(=O)c2c(C)nn(C)c2C)CC1. The number of nitrogens with zero attached hydrogens (tertiary/aromatic N) is 4. The highest BCUT2D eigenvalue weighted by Crippen LogP contribution is 2.29. The maximum Gasteiger partial charge on any atom is 0.249 e. The molecule has 0 saturated carbocycles. The van der Waals surface area contributed by atoms with Gasteiger partial charge in [0.15, 0.2) is 0 Å². The lowest BCUT2D eigenvalue weighted by Crippen LogP contribution is -2.54. The van der Waals surface area contributed by atoms with Crippen LogP contribution in [0.2, 0.25) is 0 Å². The molecule has 10 heteroatoms. The van der Waals surface area contributed by atoms with Gasteiger partial charge in [-0.25, -0.2) is 8.42 Å². The molecule has 0 spiro atoms. The van der Waals surface area contributed by atoms with Crippen LogP contribution in [0.1, 0.15) is 37.1 Å². The molecule has 1 amide bonds. The van der Waals surface area contributed by atoms with Crippen molar-refractivity contribution in [3.05, 3.63) is 11.4 Å². The molecular weight excluding hydrogens is 396 g/mol. The Hall–Kier alpha value is -1.49. The first kappa shape index (κ1) is 22.2. The van der Waals surface area contributed by atoms with Gasteiger partial charge in [0, 0.05) is 52.5 Å². The number of methoxy groups -OCH3 is 1. The predicted molar refractivity (Wildman–Crippen MR) is 107 cm³/mol. The Morgan fingerprint density at radius 1 is 1.17 bits per heavy atom. The van der Waals surface area contributed by atoms with Crippen LogP contribution in [0.5, 0.6) is 0 Å². The van der Waals surface area contributed by atoms with Crippen LogP contribution in [0.3, 0.4) is 0 Å². The molecule has 29 heavy (non-hydrogen) atoms. The van der Waals surface area contributed by atoms with E-state index in [1.807, 2.05) is 4.90 Å². The van der Waals surface area contributed by atoms with E-state index >= 15 is 0 Å². The molecular formula is C19H32N4O5S. The number of piperidine rings is 1. The third-order valence-electron chi connectivity index (χ3n) is 6.00. The zero-order valence-electron chi connectivity index (χ0n) is 17.8. The van der Waals surface area contributed by atoms with Crippen molar-refractivity contribution in [2.45, 2.75) is 56.5 Å². The van der Waals surface area contributed by atoms with Crippen molar-refractivity contribution in [1.82, 2.24) is 19.0 Å². The van der Waals surface area contributed by atoms with Crippen molar-refractivity contribution in [2.24, 2.45) is 7.05 Å². The van der Waals surface area contributed by atoms with Crippen LogP contribution >= 0.6 is 0 Å². The fourth-order valence-electron chi connectivity index (χ4n) is 4.48. The van der Waals surface area contributed by atoms with Gasteiger partial charge in [0.1, 0.15) is 11.5 Å². The van der Waals surface area contributed by atoms with E-state index in [2.05, 4.69) is 5.10 Å². The van der Waals surface area contributed by atoms with E-state index in [1.54, 1.807) is 25.6 Å². The summed E-state index contributed by atoms with van der Waals surface area (Å²) in [6.45, 7) is 5.62. The summed E-state index contributed by atoms with van der Waals surface area (Å²) in [5, 5.41) is 4.25. The largest absolute Gasteiger partial charge is 0.381 e. The summed E-state index contributed by atoms with van der Waals surface area (Å²) in [5.41, 5.74) is 1.16. The average Bonchev–Trinajstić information content (AvgIpc) is 2.95. The zero-order chi connectivity index (χ0) is 21.2. The van der Waals surface area contributed by atoms with Crippen LogP contribution < -0.4 is 0 Å². The number of hydrogen-bond acceptors (Lipinski definition) is 6. The first-order valence-corrected chi connectivity index (χ1v) is 11.6. The maximum absolute atomic E-state index is 13.2. The minimum atomic E-state index is -3.61. The number of carbonyl (C=O) groups is 1. The molecule has 164 valence electrons. The van der Waals surface area contributed by atoms with Crippen molar-refractivity contribution in [3.63, 3.8) is 0 Å². The van der Waals surface area contributed by atoms with Crippen LogP contribution in [-0.4, -0.2) is 85.4 Å². The van der Waals surface area contributed by atoms with Gasteiger partial charge in [0.05, 0.1) is 11.4 Å². The number of rotatable bonds is 6. The highest BCUT2D eigenvalue weighted by molar-refractivity contribution is 7.89. The Balaban J connectivity index is 1.74. The number of aryl methyl sites for hydroxylation is 2. The van der Waals surface area contributed by atoms with Gasteiger partial charge >= 0.3 is 0 Å². The molecule has 0 aliphatic carbocycles. The lowest BCUT2D eigenvalue weighted by Gasteiger charge is -2.43. The Labute approximate surface area is 173 Å². The summed E-state index contributed by atoms with van der Waals surface area (Å²) in [6.07, 6.45) is 2.85. The Bertz CT molecular complexity index is 824. The molecule has 0 radical (unpaired) electrons. The fourth-order valence-corrected chi connectivity index (χ4v) is 6.35. The van der Waals surface area contributed by atoms with E-state index < -0.39 is 10.0 Å². The fraction of sp³-hybridized carbons (Fsp3) is 0.789. The summed E-state index contributed by atoms with van der Waals surface area (Å²) < 4.78 is 40.1. The quantitative estimate of drug-likeness (QED) is 0.667. The van der Waals surface area contributed by atoms with Crippen LogP contribution in [-0.2, 0) is 31.3 Å². The second kappa shape index (κ2) is 9.11. The molecule has 2 aliphatic rings. The summed E-state index contributed by atoms with van der Waals surface area (Å²) in [5.74, 6) is -0.0281. The van der Waals surface area contributed by atoms with E-state index in [4.69, 9.17) is 9.47 Å². The summed E-state index contributed by atoms with van der Waals surface area (Å²) >= 11 is 0. The van der Waals surface area contributed by atoms with E-state index in [9.17, 15) is 13.2 Å². The van der Waals surface area contributed by atoms with E-state index in [1.165, 1.54) is 11.4 Å². The monoisotopic (exact) mass is 428 g/mol. The Morgan fingerprint density at radius 3 is 2.28 bits per heavy atom. The number of ether oxygens (including phenoxy) is 2. The van der Waals surface area contributed by atoms with Crippen molar-refractivity contribution < 1.29 is 22.7 Å². The molecule has 2 aliphatic heterocycles. The molecule has 3 rings (SSSR count). The molecule has 3 heterocycles. The minimum Gasteiger partial charge on any atom is -0.381 e. The summed E-state index contributed by atoms with van der Waals surface area (Å²) in [6, 6.07) is 0.144. The zero-order valence-corrected chi connectivity index (χ0v) is 18.6. The molecule has 0 unspecified atom stereocenters. The molecule has 1 aromatic heterocycles. The van der Waals surface area contributed by atoms with Gasteiger partial charge in [-0.15, -0.1) is 0 Å². The van der Waals surface area contributed by atoms with Crippen LogP contribution in [0.15, 0.2) is 4.90 Å². The van der Waals surface area contributed by atoms with Gasteiger partial charge in [0.2, 0.25) is 15.9 Å². The number of aromatic nitrogens is 2. The van der Waals surface area contributed by atoms with E-state index in [0.717, 1.165) is 12.8 Å². The number of hydrogen-bond donors (Lipinski definition) is 0. The highest BCUT2D eigenvalue weighted by Gasteiger charge is 2.38. The van der Waals surface area contributed by atoms with Gasteiger partial charge in [0.25, 0.3) is 0 Å². The minimum absolute atomic E-state index is 0.0169. The van der Waals surface area contributed by atoms with Gasteiger partial charge in [-0.2, -0.15) is 9.40 Å². The lowest BCUT2D eigenvalue weighted by atomic mass is 9.98. The van der Waals surface area contributed by atoms with E-state index in [-0.39, 0.29) is 24.6 Å². The average molecular weight is 429 g/mol.